The number of aliphatic hydroxyl groups is 1. The third kappa shape index (κ3) is 3.32. The number of carbonyl (C=O) groups is 1. The van der Waals surface area contributed by atoms with E-state index in [0.717, 1.165) is 0 Å². The molecule has 1 unspecified atom stereocenters. The maximum atomic E-state index is 12.3. The Hall–Kier alpha value is -2.19. The van der Waals surface area contributed by atoms with Crippen LogP contribution in [0, 0.1) is 0 Å². The van der Waals surface area contributed by atoms with Crippen molar-refractivity contribution >= 4 is 38.7 Å². The zero-order chi connectivity index (χ0) is 18.4. The highest BCUT2D eigenvalue weighted by Gasteiger charge is 2.43. The van der Waals surface area contributed by atoms with Gasteiger partial charge < -0.3 is 9.84 Å². The van der Waals surface area contributed by atoms with Crippen LogP contribution in [0.3, 0.4) is 0 Å². The fourth-order valence-electron chi connectivity index (χ4n) is 2.72. The second kappa shape index (κ2) is 5.96. The highest BCUT2D eigenvalue weighted by molar-refractivity contribution is 7.89. The number of rotatable bonds is 3. The second-order valence-electron chi connectivity index (χ2n) is 5.70. The Balaban J connectivity index is 2.20. The summed E-state index contributed by atoms with van der Waals surface area (Å²) in [6.45, 7) is 1.34. The Morgan fingerprint density at radius 3 is 2.08 bits per heavy atom. The SMILES string of the molecule is CC1(O)OC(=O)C(c2ccc(Cl)cc2)=C1c1ccc(S(N)(=O)=O)cc1. The maximum Gasteiger partial charge on any atom is 0.342 e. The first kappa shape index (κ1) is 17.6. The van der Waals surface area contributed by atoms with E-state index >= 15 is 0 Å². The summed E-state index contributed by atoms with van der Waals surface area (Å²) in [6, 6.07) is 12.0. The Morgan fingerprint density at radius 1 is 1.04 bits per heavy atom. The highest BCUT2D eigenvalue weighted by atomic mass is 35.5. The monoisotopic (exact) mass is 379 g/mol. The lowest BCUT2D eigenvalue weighted by Crippen LogP contribution is -2.26. The quantitative estimate of drug-likeness (QED) is 0.795. The van der Waals surface area contributed by atoms with Gasteiger partial charge in [-0.15, -0.1) is 0 Å². The minimum atomic E-state index is -3.84. The smallest absolute Gasteiger partial charge is 0.342 e. The molecule has 0 spiro atoms. The number of halogens is 1. The van der Waals surface area contributed by atoms with Crippen LogP contribution in [0.5, 0.6) is 0 Å². The number of sulfonamides is 1. The van der Waals surface area contributed by atoms with Crippen molar-refractivity contribution < 1.29 is 23.1 Å². The zero-order valence-electron chi connectivity index (χ0n) is 13.1. The largest absolute Gasteiger partial charge is 0.425 e. The van der Waals surface area contributed by atoms with Gasteiger partial charge >= 0.3 is 5.97 Å². The first-order chi connectivity index (χ1) is 11.6. The van der Waals surface area contributed by atoms with Gasteiger partial charge in [-0.2, -0.15) is 0 Å². The van der Waals surface area contributed by atoms with Crippen LogP contribution in [-0.4, -0.2) is 25.3 Å². The van der Waals surface area contributed by atoms with Crippen LogP contribution in [0.1, 0.15) is 18.1 Å². The van der Waals surface area contributed by atoms with Crippen LogP contribution in [0.2, 0.25) is 5.02 Å². The molecule has 3 rings (SSSR count). The van der Waals surface area contributed by atoms with E-state index in [9.17, 15) is 18.3 Å². The van der Waals surface area contributed by atoms with Crippen LogP contribution in [0.25, 0.3) is 11.1 Å². The number of hydrogen-bond acceptors (Lipinski definition) is 5. The molecule has 8 heteroatoms. The molecule has 3 N–H and O–H groups in total. The van der Waals surface area contributed by atoms with Gasteiger partial charge in [-0.05, 0) is 35.4 Å². The normalized spacial score (nSPS) is 20.7. The number of hydrogen-bond donors (Lipinski definition) is 2. The van der Waals surface area contributed by atoms with Gasteiger partial charge in [0.15, 0.2) is 0 Å². The lowest BCUT2D eigenvalue weighted by atomic mass is 9.92. The second-order valence-corrected chi connectivity index (χ2v) is 7.70. The van der Waals surface area contributed by atoms with Crippen molar-refractivity contribution in [2.75, 3.05) is 0 Å². The van der Waals surface area contributed by atoms with Crippen molar-refractivity contribution in [3.8, 4) is 0 Å². The highest BCUT2D eigenvalue weighted by Crippen LogP contribution is 2.42. The van der Waals surface area contributed by atoms with Gasteiger partial charge in [0, 0.05) is 17.5 Å². The average molecular weight is 380 g/mol. The lowest BCUT2D eigenvalue weighted by Gasteiger charge is -2.20. The fraction of sp³-hybridized carbons (Fsp3) is 0.118. The minimum absolute atomic E-state index is 0.0743. The van der Waals surface area contributed by atoms with Crippen LogP contribution < -0.4 is 5.14 Å². The molecule has 1 heterocycles. The number of esters is 1. The molecule has 130 valence electrons. The standard InChI is InChI=1S/C17H14ClNO5S/c1-17(21)15(11-4-8-13(9-5-11)25(19,22)23)14(16(20)24-17)10-2-6-12(18)7-3-10/h2-9,21H,1H3,(H2,19,22,23). The van der Waals surface area contributed by atoms with Crippen molar-refractivity contribution in [2.45, 2.75) is 17.6 Å². The van der Waals surface area contributed by atoms with E-state index in [0.29, 0.717) is 16.1 Å². The van der Waals surface area contributed by atoms with E-state index < -0.39 is 21.8 Å². The molecule has 2 aromatic carbocycles. The fourth-order valence-corrected chi connectivity index (χ4v) is 3.36. The number of primary sulfonamides is 1. The molecule has 0 aliphatic carbocycles. The van der Waals surface area contributed by atoms with Crippen molar-refractivity contribution in [3.63, 3.8) is 0 Å². The van der Waals surface area contributed by atoms with Gasteiger partial charge in [0.05, 0.1) is 10.5 Å². The van der Waals surface area contributed by atoms with E-state index in [4.69, 9.17) is 21.5 Å². The van der Waals surface area contributed by atoms with Crippen LogP contribution in [0.4, 0.5) is 0 Å². The summed E-state index contributed by atoms with van der Waals surface area (Å²) in [5.41, 5.74) is 1.39. The molecule has 0 bridgehead atoms. The molecule has 0 radical (unpaired) electrons. The van der Waals surface area contributed by atoms with Crippen LogP contribution in [-0.2, 0) is 19.6 Å². The zero-order valence-corrected chi connectivity index (χ0v) is 14.6. The van der Waals surface area contributed by atoms with Crippen molar-refractivity contribution in [2.24, 2.45) is 5.14 Å². The first-order valence-electron chi connectivity index (χ1n) is 7.19. The van der Waals surface area contributed by atoms with Crippen molar-refractivity contribution in [3.05, 3.63) is 64.7 Å². The summed E-state index contributed by atoms with van der Waals surface area (Å²) in [6.07, 6.45) is 0. The molecule has 1 aliphatic heterocycles. The average Bonchev–Trinajstić information content (AvgIpc) is 2.76. The van der Waals surface area contributed by atoms with E-state index in [1.54, 1.807) is 24.3 Å². The van der Waals surface area contributed by atoms with E-state index in [2.05, 4.69) is 0 Å². The Labute approximate surface area is 149 Å². The predicted molar refractivity (Wildman–Crippen MR) is 92.8 cm³/mol. The Morgan fingerprint density at radius 2 is 1.56 bits per heavy atom. The van der Waals surface area contributed by atoms with Gasteiger partial charge in [-0.1, -0.05) is 35.9 Å². The van der Waals surface area contributed by atoms with Gasteiger partial charge in [0.1, 0.15) is 0 Å². The summed E-state index contributed by atoms with van der Waals surface area (Å²) in [5, 5.41) is 16.1. The molecular weight excluding hydrogens is 366 g/mol. The van der Waals surface area contributed by atoms with E-state index in [1.807, 2.05) is 0 Å². The van der Waals surface area contributed by atoms with Gasteiger partial charge in [-0.25, -0.2) is 18.4 Å². The molecule has 0 fully saturated rings. The molecule has 0 saturated carbocycles. The van der Waals surface area contributed by atoms with Crippen LogP contribution in [0.15, 0.2) is 53.4 Å². The summed E-state index contributed by atoms with van der Waals surface area (Å²) in [7, 11) is -3.84. The van der Waals surface area contributed by atoms with Crippen LogP contribution >= 0.6 is 11.6 Å². The molecule has 0 aromatic heterocycles. The van der Waals surface area contributed by atoms with Crippen molar-refractivity contribution in [1.29, 1.82) is 0 Å². The maximum absolute atomic E-state index is 12.3. The van der Waals surface area contributed by atoms with Gasteiger partial charge in [-0.3, -0.25) is 0 Å². The third-order valence-corrected chi connectivity index (χ3v) is 5.00. The molecule has 0 saturated heterocycles. The van der Waals surface area contributed by atoms with E-state index in [-0.39, 0.29) is 16.0 Å². The number of nitrogens with two attached hydrogens (primary N) is 1. The topological polar surface area (TPSA) is 107 Å². The number of cyclic esters (lactones) is 1. The summed E-state index contributed by atoms with van der Waals surface area (Å²) in [5.74, 6) is -2.53. The minimum Gasteiger partial charge on any atom is -0.425 e. The third-order valence-electron chi connectivity index (χ3n) is 3.81. The predicted octanol–water partition coefficient (Wildman–Crippen LogP) is 2.16. The molecule has 6 nitrogen and oxygen atoms in total. The number of benzene rings is 2. The molecule has 0 amide bonds. The molecule has 25 heavy (non-hydrogen) atoms. The molecule has 1 atom stereocenters. The summed E-state index contributed by atoms with van der Waals surface area (Å²) in [4.78, 5) is 12.2. The Bertz CT molecular complexity index is 977. The number of ether oxygens (including phenoxy) is 1. The summed E-state index contributed by atoms with van der Waals surface area (Å²) < 4.78 is 27.9. The first-order valence-corrected chi connectivity index (χ1v) is 9.12. The van der Waals surface area contributed by atoms with Gasteiger partial charge in [0.2, 0.25) is 15.8 Å². The van der Waals surface area contributed by atoms with Crippen molar-refractivity contribution in [1.82, 2.24) is 0 Å². The van der Waals surface area contributed by atoms with Gasteiger partial charge in [0.25, 0.3) is 0 Å². The van der Waals surface area contributed by atoms with E-state index in [1.165, 1.54) is 31.2 Å². The lowest BCUT2D eigenvalue weighted by molar-refractivity contribution is -0.169. The summed E-state index contributed by atoms with van der Waals surface area (Å²) >= 11 is 5.87. The molecule has 1 aliphatic rings. The Kier molecular flexibility index (Phi) is 4.20. The molecular formula is C17H14ClNO5S. The number of carbonyl (C=O) groups excluding carboxylic acids is 1. The molecule has 2 aromatic rings.